The molecule has 1 aliphatic heterocycles. The zero-order chi connectivity index (χ0) is 18.5. The molecule has 0 saturated carbocycles. The van der Waals surface area contributed by atoms with Crippen molar-refractivity contribution in [3.63, 3.8) is 0 Å². The predicted molar refractivity (Wildman–Crippen MR) is 106 cm³/mol. The number of hydrogen-bond donors (Lipinski definition) is 2. The van der Waals surface area contributed by atoms with E-state index >= 15 is 0 Å². The first kappa shape index (κ1) is 20.7. The van der Waals surface area contributed by atoms with Crippen LogP contribution in [0.1, 0.15) is 21.8 Å². The number of nitrogens with zero attached hydrogens (tertiary/aromatic N) is 1. The summed E-state index contributed by atoms with van der Waals surface area (Å²) in [6, 6.07) is 16.9. The molecule has 0 bridgehead atoms. The molecule has 2 aromatic carbocycles. The monoisotopic (exact) mass is 389 g/mol. The van der Waals surface area contributed by atoms with Crippen molar-refractivity contribution in [2.45, 2.75) is 5.92 Å². The van der Waals surface area contributed by atoms with Gasteiger partial charge in [-0.1, -0.05) is 30.3 Å². The van der Waals surface area contributed by atoms with Crippen LogP contribution < -0.4 is 16.2 Å². The van der Waals surface area contributed by atoms with E-state index in [1.165, 1.54) is 5.56 Å². The van der Waals surface area contributed by atoms with E-state index in [0.717, 1.165) is 0 Å². The van der Waals surface area contributed by atoms with Crippen LogP contribution in [0.25, 0.3) is 0 Å². The summed E-state index contributed by atoms with van der Waals surface area (Å²) in [4.78, 5) is 25.4. The van der Waals surface area contributed by atoms with Gasteiger partial charge < -0.3 is 21.1 Å². The Bertz CT molecular complexity index is 768. The maximum atomic E-state index is 12.8. The van der Waals surface area contributed by atoms with Crippen LogP contribution in [0, 0.1) is 5.92 Å². The van der Waals surface area contributed by atoms with Gasteiger partial charge in [0.05, 0.1) is 0 Å². The van der Waals surface area contributed by atoms with Gasteiger partial charge in [-0.05, 0) is 42.3 Å². The van der Waals surface area contributed by atoms with Crippen LogP contribution in [-0.2, 0) is 4.79 Å². The highest BCUT2D eigenvalue weighted by Crippen LogP contribution is 2.32. The van der Waals surface area contributed by atoms with E-state index in [1.54, 1.807) is 24.3 Å². The van der Waals surface area contributed by atoms with E-state index in [0.29, 0.717) is 30.9 Å². The van der Waals surface area contributed by atoms with Gasteiger partial charge in [-0.15, -0.1) is 12.4 Å². The summed E-state index contributed by atoms with van der Waals surface area (Å²) in [7, 11) is 0. The zero-order valence-electron chi connectivity index (χ0n) is 14.9. The van der Waals surface area contributed by atoms with E-state index in [2.05, 4.69) is 12.1 Å². The third kappa shape index (κ3) is 4.99. The fourth-order valence-corrected chi connectivity index (χ4v) is 3.38. The summed E-state index contributed by atoms with van der Waals surface area (Å²) in [5, 5.41) is 0. The number of rotatable bonds is 6. The molecule has 6 nitrogen and oxygen atoms in total. The van der Waals surface area contributed by atoms with E-state index in [1.807, 2.05) is 23.1 Å². The average molecular weight is 390 g/mol. The first-order valence-electron chi connectivity index (χ1n) is 8.64. The number of carbonyl (C=O) groups is 2. The quantitative estimate of drug-likeness (QED) is 0.786. The van der Waals surface area contributed by atoms with Crippen molar-refractivity contribution in [2.24, 2.45) is 17.4 Å². The van der Waals surface area contributed by atoms with Crippen molar-refractivity contribution in [3.05, 3.63) is 65.7 Å². The number of primary amides is 1. The molecule has 144 valence electrons. The minimum Gasteiger partial charge on any atom is -0.484 e. The molecule has 0 spiro atoms. The van der Waals surface area contributed by atoms with Gasteiger partial charge in [-0.2, -0.15) is 0 Å². The maximum Gasteiger partial charge on any atom is 0.255 e. The highest BCUT2D eigenvalue weighted by atomic mass is 35.5. The summed E-state index contributed by atoms with van der Waals surface area (Å²) in [5.74, 6) is 0.442. The first-order chi connectivity index (χ1) is 12.6. The van der Waals surface area contributed by atoms with E-state index < -0.39 is 5.91 Å². The summed E-state index contributed by atoms with van der Waals surface area (Å²) in [5.41, 5.74) is 12.8. The number of ether oxygens (including phenoxy) is 1. The van der Waals surface area contributed by atoms with Crippen LogP contribution in [0.5, 0.6) is 5.75 Å². The van der Waals surface area contributed by atoms with Gasteiger partial charge in [0.25, 0.3) is 11.8 Å². The van der Waals surface area contributed by atoms with E-state index in [-0.39, 0.29) is 36.8 Å². The Balaban J connectivity index is 0.00000261. The molecule has 2 amide bonds. The van der Waals surface area contributed by atoms with Crippen LogP contribution in [0.3, 0.4) is 0 Å². The summed E-state index contributed by atoms with van der Waals surface area (Å²) in [6.45, 7) is 1.67. The Morgan fingerprint density at radius 1 is 1.04 bits per heavy atom. The minimum absolute atomic E-state index is 0. The Morgan fingerprint density at radius 2 is 1.70 bits per heavy atom. The van der Waals surface area contributed by atoms with Gasteiger partial charge in [-0.25, -0.2) is 0 Å². The fourth-order valence-electron chi connectivity index (χ4n) is 3.38. The molecule has 0 aliphatic carbocycles. The average Bonchev–Trinajstić information content (AvgIpc) is 3.11. The molecular formula is C20H24ClN3O3. The molecule has 1 heterocycles. The molecule has 27 heavy (non-hydrogen) atoms. The van der Waals surface area contributed by atoms with Crippen LogP contribution in [-0.4, -0.2) is 43.0 Å². The second-order valence-electron chi connectivity index (χ2n) is 6.50. The minimum atomic E-state index is -0.540. The Kier molecular flexibility index (Phi) is 7.21. The Hall–Kier alpha value is -2.57. The van der Waals surface area contributed by atoms with Crippen molar-refractivity contribution < 1.29 is 14.3 Å². The number of carbonyl (C=O) groups excluding carboxylic acids is 2. The van der Waals surface area contributed by atoms with Crippen molar-refractivity contribution in [1.29, 1.82) is 0 Å². The Morgan fingerprint density at radius 3 is 2.30 bits per heavy atom. The van der Waals surface area contributed by atoms with Gasteiger partial charge >= 0.3 is 0 Å². The van der Waals surface area contributed by atoms with Gasteiger partial charge in [-0.3, -0.25) is 9.59 Å². The molecule has 2 atom stereocenters. The lowest BCUT2D eigenvalue weighted by Gasteiger charge is -2.17. The largest absolute Gasteiger partial charge is 0.484 e. The summed E-state index contributed by atoms with van der Waals surface area (Å²) < 4.78 is 5.22. The number of likely N-dealkylation sites (tertiary alicyclic amines) is 1. The van der Waals surface area contributed by atoms with E-state index in [4.69, 9.17) is 16.2 Å². The van der Waals surface area contributed by atoms with Crippen LogP contribution in [0.15, 0.2) is 54.6 Å². The van der Waals surface area contributed by atoms with Crippen molar-refractivity contribution in [3.8, 4) is 5.75 Å². The van der Waals surface area contributed by atoms with Crippen molar-refractivity contribution in [1.82, 2.24) is 4.90 Å². The van der Waals surface area contributed by atoms with Gasteiger partial charge in [0.2, 0.25) is 0 Å². The number of nitrogens with two attached hydrogens (primary N) is 2. The van der Waals surface area contributed by atoms with Crippen molar-refractivity contribution in [2.75, 3.05) is 26.2 Å². The maximum absolute atomic E-state index is 12.8. The zero-order valence-corrected chi connectivity index (χ0v) is 15.7. The topological polar surface area (TPSA) is 98.7 Å². The van der Waals surface area contributed by atoms with Gasteiger partial charge in [0, 0.05) is 24.6 Å². The third-order valence-electron chi connectivity index (χ3n) is 4.74. The summed E-state index contributed by atoms with van der Waals surface area (Å²) >= 11 is 0. The van der Waals surface area contributed by atoms with Crippen molar-refractivity contribution >= 4 is 24.2 Å². The molecule has 7 heteroatoms. The smallest absolute Gasteiger partial charge is 0.255 e. The second-order valence-corrected chi connectivity index (χ2v) is 6.50. The lowest BCUT2D eigenvalue weighted by molar-refractivity contribution is -0.119. The predicted octanol–water partition coefficient (Wildman–Crippen LogP) is 1.79. The fraction of sp³-hybridized carbons (Fsp3) is 0.300. The molecule has 2 aromatic rings. The highest BCUT2D eigenvalue weighted by Gasteiger charge is 2.35. The molecule has 0 radical (unpaired) electrons. The molecule has 1 aliphatic rings. The SMILES string of the molecule is Cl.NC[C@@H]1CN(C(=O)c2ccc(OCC(N)=O)cc2)C[C@H]1c1ccccc1. The van der Waals surface area contributed by atoms with Crippen LogP contribution >= 0.6 is 12.4 Å². The first-order valence-corrected chi connectivity index (χ1v) is 8.64. The van der Waals surface area contributed by atoms with Gasteiger partial charge in [0.15, 0.2) is 6.61 Å². The molecule has 4 N–H and O–H groups in total. The number of amides is 2. The summed E-state index contributed by atoms with van der Waals surface area (Å²) in [6.07, 6.45) is 0. The molecule has 0 aromatic heterocycles. The lowest BCUT2D eigenvalue weighted by atomic mass is 9.89. The second kappa shape index (κ2) is 9.39. The standard InChI is InChI=1S/C20H23N3O3.ClH/c21-10-16-11-23(12-18(16)14-4-2-1-3-5-14)20(25)15-6-8-17(9-7-15)26-13-19(22)24;/h1-9,16,18H,10-13,21H2,(H2,22,24);1H/t16-,18+;/m1./s1. The molecule has 1 fully saturated rings. The molecule has 1 saturated heterocycles. The van der Waals surface area contributed by atoms with Crippen LogP contribution in [0.4, 0.5) is 0 Å². The third-order valence-corrected chi connectivity index (χ3v) is 4.74. The lowest BCUT2D eigenvalue weighted by Crippen LogP contribution is -2.29. The van der Waals surface area contributed by atoms with Crippen LogP contribution in [0.2, 0.25) is 0 Å². The normalized spacial score (nSPS) is 18.6. The molecule has 3 rings (SSSR count). The molecular weight excluding hydrogens is 366 g/mol. The number of benzene rings is 2. The number of halogens is 1. The van der Waals surface area contributed by atoms with E-state index in [9.17, 15) is 9.59 Å². The highest BCUT2D eigenvalue weighted by molar-refractivity contribution is 5.94. The number of hydrogen-bond acceptors (Lipinski definition) is 4. The van der Waals surface area contributed by atoms with Gasteiger partial charge in [0.1, 0.15) is 5.75 Å². The Labute approximate surface area is 164 Å². The molecule has 0 unspecified atom stereocenters.